The predicted octanol–water partition coefficient (Wildman–Crippen LogP) is 3.98. The van der Waals surface area contributed by atoms with Crippen LogP contribution < -0.4 is 5.32 Å². The highest BCUT2D eigenvalue weighted by atomic mass is 16.5. The Labute approximate surface area is 179 Å². The zero-order chi connectivity index (χ0) is 20.5. The molecule has 0 amide bonds. The molecule has 0 bridgehead atoms. The van der Waals surface area contributed by atoms with Crippen molar-refractivity contribution in [1.82, 2.24) is 15.2 Å². The van der Waals surface area contributed by atoms with E-state index in [0.717, 1.165) is 45.2 Å². The van der Waals surface area contributed by atoms with E-state index in [4.69, 9.17) is 4.74 Å². The zero-order valence-corrected chi connectivity index (χ0v) is 18.2. The van der Waals surface area contributed by atoms with Crippen LogP contribution in [0, 0.1) is 5.92 Å². The van der Waals surface area contributed by atoms with E-state index in [1.54, 1.807) is 0 Å². The third kappa shape index (κ3) is 3.90. The van der Waals surface area contributed by atoms with Crippen LogP contribution >= 0.6 is 0 Å². The van der Waals surface area contributed by atoms with Gasteiger partial charge in [0.2, 0.25) is 0 Å². The summed E-state index contributed by atoms with van der Waals surface area (Å²) in [5.41, 5.74) is 4.18. The average molecular weight is 410 g/mol. The van der Waals surface area contributed by atoms with Crippen molar-refractivity contribution in [3.63, 3.8) is 0 Å². The van der Waals surface area contributed by atoms with Gasteiger partial charge in [0, 0.05) is 41.5 Å². The summed E-state index contributed by atoms with van der Waals surface area (Å²) < 4.78 is 5.88. The van der Waals surface area contributed by atoms with Gasteiger partial charge in [-0.1, -0.05) is 37.8 Å². The second-order valence-corrected chi connectivity index (χ2v) is 9.70. The van der Waals surface area contributed by atoms with E-state index < -0.39 is 0 Å². The molecule has 2 aromatic rings. The predicted molar refractivity (Wildman–Crippen MR) is 120 cm³/mol. The van der Waals surface area contributed by atoms with Gasteiger partial charge in [-0.25, -0.2) is 0 Å². The van der Waals surface area contributed by atoms with E-state index in [0.29, 0.717) is 24.5 Å². The molecule has 1 aromatic carbocycles. The molecule has 5 rings (SSSR count). The first-order chi connectivity index (χ1) is 14.7. The SMILES string of the molecule is CN1C[C@H](COC(=O)C2CCCCCCCN2)CC2c3cccc4[nH]cc(c34)C[C@H]21. The molecule has 0 spiro atoms. The lowest BCUT2D eigenvalue weighted by atomic mass is 9.72. The molecule has 5 nitrogen and oxygen atoms in total. The van der Waals surface area contributed by atoms with Gasteiger partial charge in [0.15, 0.2) is 0 Å². The van der Waals surface area contributed by atoms with E-state index in [9.17, 15) is 4.79 Å². The summed E-state index contributed by atoms with van der Waals surface area (Å²) in [4.78, 5) is 18.7. The van der Waals surface area contributed by atoms with Crippen LogP contribution in [-0.2, 0) is 16.0 Å². The lowest BCUT2D eigenvalue weighted by Crippen LogP contribution is -2.49. The fraction of sp³-hybridized carbons (Fsp3) is 0.640. The number of H-pyrrole nitrogens is 1. The molecule has 30 heavy (non-hydrogen) atoms. The Morgan fingerprint density at radius 2 is 2.07 bits per heavy atom. The fourth-order valence-corrected chi connectivity index (χ4v) is 6.06. The topological polar surface area (TPSA) is 57.4 Å². The molecule has 162 valence electrons. The average Bonchev–Trinajstić information content (AvgIpc) is 3.22. The molecule has 1 aliphatic carbocycles. The number of carbonyl (C=O) groups is 1. The van der Waals surface area contributed by atoms with Crippen LogP contribution in [0.2, 0.25) is 0 Å². The summed E-state index contributed by atoms with van der Waals surface area (Å²) in [5, 5.41) is 4.87. The lowest BCUT2D eigenvalue weighted by molar-refractivity contribution is -0.148. The highest BCUT2D eigenvalue weighted by Crippen LogP contribution is 2.44. The summed E-state index contributed by atoms with van der Waals surface area (Å²) in [5.74, 6) is 0.870. The smallest absolute Gasteiger partial charge is 0.323 e. The molecular weight excluding hydrogens is 374 g/mol. The van der Waals surface area contributed by atoms with Crippen LogP contribution in [0.5, 0.6) is 0 Å². The molecule has 2 unspecified atom stereocenters. The van der Waals surface area contributed by atoms with Crippen molar-refractivity contribution < 1.29 is 9.53 Å². The number of fused-ring (bicyclic) bond motifs is 2. The standard InChI is InChI=1S/C25H35N3O2/c1-28-15-17(16-30-25(29)22-9-5-3-2-4-6-11-26-22)12-20-19-8-7-10-21-24(19)18(14-27-21)13-23(20)28/h7-8,10,14,17,20,22-23,26-27H,2-6,9,11-13,15-16H2,1H3/t17-,20?,22?,23-/m1/s1. The number of rotatable bonds is 3. The summed E-state index contributed by atoms with van der Waals surface area (Å²) in [7, 11) is 2.24. The Balaban J connectivity index is 1.25. The second-order valence-electron chi connectivity index (χ2n) is 9.70. The van der Waals surface area contributed by atoms with Crippen molar-refractivity contribution >= 4 is 16.9 Å². The molecule has 5 heteroatoms. The van der Waals surface area contributed by atoms with Crippen molar-refractivity contribution in [3.05, 3.63) is 35.5 Å². The summed E-state index contributed by atoms with van der Waals surface area (Å²) in [6, 6.07) is 7.08. The number of esters is 1. The number of aromatic nitrogens is 1. The molecule has 2 aliphatic heterocycles. The van der Waals surface area contributed by atoms with E-state index >= 15 is 0 Å². The van der Waals surface area contributed by atoms with E-state index in [1.165, 1.54) is 41.3 Å². The Hall–Kier alpha value is -1.85. The van der Waals surface area contributed by atoms with Gasteiger partial charge in [-0.2, -0.15) is 0 Å². The summed E-state index contributed by atoms with van der Waals surface area (Å²) in [6.07, 6.45) is 11.4. The molecule has 0 radical (unpaired) electrons. The molecule has 1 aromatic heterocycles. The van der Waals surface area contributed by atoms with Gasteiger partial charge >= 0.3 is 5.97 Å². The van der Waals surface area contributed by atoms with Crippen LogP contribution in [0.25, 0.3) is 10.9 Å². The van der Waals surface area contributed by atoms with Crippen molar-refractivity contribution in [2.45, 2.75) is 69.4 Å². The van der Waals surface area contributed by atoms with Gasteiger partial charge in [0.05, 0.1) is 6.61 Å². The number of likely N-dealkylation sites (N-methyl/N-ethyl adjacent to an activating group) is 1. The number of benzene rings is 1. The third-order valence-electron chi connectivity index (χ3n) is 7.62. The largest absolute Gasteiger partial charge is 0.464 e. The fourth-order valence-electron chi connectivity index (χ4n) is 6.06. The first-order valence-electron chi connectivity index (χ1n) is 11.9. The molecule has 3 aliphatic rings. The van der Waals surface area contributed by atoms with E-state index in [-0.39, 0.29) is 12.0 Å². The normalized spacial score (nSPS) is 30.2. The Bertz CT molecular complexity index is 882. The van der Waals surface area contributed by atoms with Crippen molar-refractivity contribution in [3.8, 4) is 0 Å². The first-order valence-corrected chi connectivity index (χ1v) is 11.9. The van der Waals surface area contributed by atoms with Crippen molar-refractivity contribution in [2.24, 2.45) is 5.92 Å². The van der Waals surface area contributed by atoms with Crippen LogP contribution in [0.4, 0.5) is 0 Å². The van der Waals surface area contributed by atoms with Gasteiger partial charge in [-0.05, 0) is 56.5 Å². The maximum absolute atomic E-state index is 12.8. The minimum Gasteiger partial charge on any atom is -0.464 e. The molecule has 4 atom stereocenters. The van der Waals surface area contributed by atoms with Gasteiger partial charge in [-0.15, -0.1) is 0 Å². The highest BCUT2D eigenvalue weighted by molar-refractivity contribution is 5.88. The molecular formula is C25H35N3O2. The minimum absolute atomic E-state index is 0.0413. The van der Waals surface area contributed by atoms with Crippen LogP contribution in [0.3, 0.4) is 0 Å². The molecule has 2 N–H and O–H groups in total. The number of hydrogen-bond donors (Lipinski definition) is 2. The van der Waals surface area contributed by atoms with E-state index in [2.05, 4.69) is 46.6 Å². The number of likely N-dealkylation sites (tertiary alicyclic amines) is 1. The minimum atomic E-state index is -0.122. The molecule has 2 saturated heterocycles. The lowest BCUT2D eigenvalue weighted by Gasteiger charge is -2.45. The number of carbonyl (C=O) groups excluding carboxylic acids is 1. The van der Waals surface area contributed by atoms with Crippen molar-refractivity contribution in [2.75, 3.05) is 26.7 Å². The quantitative estimate of drug-likeness (QED) is 0.753. The third-order valence-corrected chi connectivity index (χ3v) is 7.62. The highest BCUT2D eigenvalue weighted by Gasteiger charge is 2.39. The monoisotopic (exact) mass is 409 g/mol. The van der Waals surface area contributed by atoms with E-state index in [1.807, 2.05) is 0 Å². The number of nitrogens with zero attached hydrogens (tertiary/aromatic N) is 1. The van der Waals surface area contributed by atoms with Gasteiger partial charge in [0.1, 0.15) is 6.04 Å². The number of aromatic amines is 1. The number of nitrogens with one attached hydrogen (secondary N) is 2. The maximum Gasteiger partial charge on any atom is 0.323 e. The van der Waals surface area contributed by atoms with Crippen LogP contribution in [0.1, 0.15) is 62.0 Å². The van der Waals surface area contributed by atoms with Gasteiger partial charge in [-0.3, -0.25) is 4.79 Å². The van der Waals surface area contributed by atoms with Gasteiger partial charge in [0.25, 0.3) is 0 Å². The number of hydrogen-bond acceptors (Lipinski definition) is 4. The number of ether oxygens (including phenoxy) is 1. The molecule has 3 heterocycles. The van der Waals surface area contributed by atoms with Crippen molar-refractivity contribution in [1.29, 1.82) is 0 Å². The summed E-state index contributed by atoms with van der Waals surface area (Å²) in [6.45, 7) is 2.47. The number of piperidine rings is 1. The Morgan fingerprint density at radius 1 is 1.20 bits per heavy atom. The van der Waals surface area contributed by atoms with Crippen LogP contribution in [-0.4, -0.2) is 54.7 Å². The Kier molecular flexibility index (Phi) is 5.83. The first kappa shape index (κ1) is 20.1. The molecule has 2 fully saturated rings. The Morgan fingerprint density at radius 3 is 3.00 bits per heavy atom. The maximum atomic E-state index is 12.8. The zero-order valence-electron chi connectivity index (χ0n) is 18.2. The molecule has 0 saturated carbocycles. The van der Waals surface area contributed by atoms with Crippen LogP contribution in [0.15, 0.2) is 24.4 Å². The van der Waals surface area contributed by atoms with Gasteiger partial charge < -0.3 is 19.9 Å². The second kappa shape index (κ2) is 8.72. The summed E-state index contributed by atoms with van der Waals surface area (Å²) >= 11 is 0.